The van der Waals surface area contributed by atoms with Gasteiger partial charge in [0.25, 0.3) is 5.91 Å². The fourth-order valence-corrected chi connectivity index (χ4v) is 2.66. The normalized spacial score (nSPS) is 10.2. The number of benzene rings is 2. The first-order chi connectivity index (χ1) is 11.3. The van der Waals surface area contributed by atoms with Crippen LogP contribution in [0.3, 0.4) is 0 Å². The minimum absolute atomic E-state index is 0.135. The van der Waals surface area contributed by atoms with Crippen LogP contribution < -0.4 is 15.4 Å². The molecule has 0 fully saturated rings. The quantitative estimate of drug-likeness (QED) is 0.586. The van der Waals surface area contributed by atoms with Crippen molar-refractivity contribution in [3.8, 4) is 5.75 Å². The standard InChI is InChI=1S/C16H13Br2ClN2O2S/c1-9-6-11(3-5-12(9)17)23-8-15(22)21-16(24)20-10-2-4-13(18)14(19)7-10/h2-7H,8H2,1H3,(H2,20,21,22,24). The van der Waals surface area contributed by atoms with E-state index in [-0.39, 0.29) is 17.6 Å². The predicted octanol–water partition coefficient (Wildman–Crippen LogP) is 5.07. The van der Waals surface area contributed by atoms with Crippen molar-refractivity contribution in [1.82, 2.24) is 5.32 Å². The minimum Gasteiger partial charge on any atom is -0.484 e. The molecule has 2 N–H and O–H groups in total. The fourth-order valence-electron chi connectivity index (χ4n) is 1.75. The van der Waals surface area contributed by atoms with E-state index < -0.39 is 0 Å². The highest BCUT2D eigenvalue weighted by atomic mass is 79.9. The molecule has 0 spiro atoms. The third kappa shape index (κ3) is 5.73. The summed E-state index contributed by atoms with van der Waals surface area (Å²) in [5.41, 5.74) is 1.70. The van der Waals surface area contributed by atoms with Crippen molar-refractivity contribution in [1.29, 1.82) is 0 Å². The van der Waals surface area contributed by atoms with Crippen LogP contribution in [0, 0.1) is 6.92 Å². The monoisotopic (exact) mass is 490 g/mol. The maximum absolute atomic E-state index is 11.9. The van der Waals surface area contributed by atoms with Gasteiger partial charge in [-0.1, -0.05) is 27.5 Å². The number of amides is 1. The van der Waals surface area contributed by atoms with Crippen LogP contribution in [0.2, 0.25) is 5.02 Å². The predicted molar refractivity (Wildman–Crippen MR) is 108 cm³/mol. The van der Waals surface area contributed by atoms with Crippen molar-refractivity contribution in [3.63, 3.8) is 0 Å². The van der Waals surface area contributed by atoms with E-state index in [2.05, 4.69) is 42.5 Å². The molecule has 8 heteroatoms. The molecule has 0 aliphatic heterocycles. The molecule has 0 radical (unpaired) electrons. The Kier molecular flexibility index (Phi) is 7.03. The Balaban J connectivity index is 1.83. The van der Waals surface area contributed by atoms with Crippen LogP contribution in [0.15, 0.2) is 45.3 Å². The van der Waals surface area contributed by atoms with Crippen LogP contribution in [-0.4, -0.2) is 17.6 Å². The third-order valence-electron chi connectivity index (χ3n) is 2.93. The number of thiocarbonyl (C=S) groups is 1. The van der Waals surface area contributed by atoms with Gasteiger partial charge in [-0.25, -0.2) is 0 Å². The molecule has 126 valence electrons. The Morgan fingerprint density at radius 2 is 1.92 bits per heavy atom. The van der Waals surface area contributed by atoms with Gasteiger partial charge in [-0.2, -0.15) is 0 Å². The Bertz CT molecular complexity index is 787. The number of nitrogens with one attached hydrogen (secondary N) is 2. The van der Waals surface area contributed by atoms with E-state index in [0.717, 1.165) is 14.5 Å². The average molecular weight is 493 g/mol. The van der Waals surface area contributed by atoms with Crippen LogP contribution in [0.5, 0.6) is 5.75 Å². The van der Waals surface area contributed by atoms with Crippen LogP contribution in [-0.2, 0) is 4.79 Å². The zero-order valence-corrected chi connectivity index (χ0v) is 17.3. The summed E-state index contributed by atoms with van der Waals surface area (Å²) in [7, 11) is 0. The van der Waals surface area contributed by atoms with E-state index in [0.29, 0.717) is 16.5 Å². The summed E-state index contributed by atoms with van der Waals surface area (Å²) >= 11 is 17.8. The van der Waals surface area contributed by atoms with Gasteiger partial charge in [0.1, 0.15) is 5.75 Å². The van der Waals surface area contributed by atoms with Gasteiger partial charge in [-0.05, 0) is 77.0 Å². The number of hydrogen-bond acceptors (Lipinski definition) is 3. The van der Waals surface area contributed by atoms with Crippen molar-refractivity contribution in [2.75, 3.05) is 11.9 Å². The Hall–Kier alpha value is -1.15. The second kappa shape index (κ2) is 8.80. The van der Waals surface area contributed by atoms with Gasteiger partial charge in [0.05, 0.1) is 5.02 Å². The van der Waals surface area contributed by atoms with E-state index >= 15 is 0 Å². The third-order valence-corrected chi connectivity index (χ3v) is 5.26. The summed E-state index contributed by atoms with van der Waals surface area (Å²) in [6, 6.07) is 10.8. The highest BCUT2D eigenvalue weighted by Gasteiger charge is 2.07. The number of hydrogen-bond donors (Lipinski definition) is 2. The SMILES string of the molecule is Cc1cc(OCC(=O)NC(=S)Nc2ccc(Br)c(Cl)c2)ccc1Br. The van der Waals surface area contributed by atoms with E-state index in [4.69, 9.17) is 28.6 Å². The number of rotatable bonds is 4. The van der Waals surface area contributed by atoms with E-state index in [1.54, 1.807) is 24.3 Å². The lowest BCUT2D eigenvalue weighted by Crippen LogP contribution is -2.37. The second-order valence-corrected chi connectivity index (χ2v) is 7.35. The lowest BCUT2D eigenvalue weighted by atomic mass is 10.2. The molecule has 0 heterocycles. The van der Waals surface area contributed by atoms with Gasteiger partial charge in [0, 0.05) is 14.6 Å². The van der Waals surface area contributed by atoms with Crippen LogP contribution >= 0.6 is 55.7 Å². The molecule has 0 saturated carbocycles. The average Bonchev–Trinajstić information content (AvgIpc) is 2.52. The van der Waals surface area contributed by atoms with Gasteiger partial charge in [-0.15, -0.1) is 0 Å². The first-order valence-corrected chi connectivity index (χ1v) is 9.17. The molecule has 0 saturated heterocycles. The Morgan fingerprint density at radius 1 is 1.21 bits per heavy atom. The van der Waals surface area contributed by atoms with Gasteiger partial charge >= 0.3 is 0 Å². The molecular formula is C16H13Br2ClN2O2S. The highest BCUT2D eigenvalue weighted by Crippen LogP contribution is 2.25. The molecule has 2 rings (SSSR count). The summed E-state index contributed by atoms with van der Waals surface area (Å²) in [4.78, 5) is 11.9. The molecule has 0 aliphatic rings. The van der Waals surface area contributed by atoms with Crippen molar-refractivity contribution in [3.05, 3.63) is 55.9 Å². The van der Waals surface area contributed by atoms with Gasteiger partial charge < -0.3 is 10.1 Å². The largest absolute Gasteiger partial charge is 0.484 e. The second-order valence-electron chi connectivity index (χ2n) is 4.83. The number of anilines is 1. The molecule has 2 aromatic rings. The number of halogens is 3. The maximum atomic E-state index is 11.9. The number of aryl methyl sites for hydroxylation is 1. The smallest absolute Gasteiger partial charge is 0.264 e. The topological polar surface area (TPSA) is 50.4 Å². The molecule has 0 unspecified atom stereocenters. The van der Waals surface area contributed by atoms with Crippen molar-refractivity contribution < 1.29 is 9.53 Å². The summed E-state index contributed by atoms with van der Waals surface area (Å²) < 4.78 is 7.21. The molecule has 0 aliphatic carbocycles. The molecule has 2 aromatic carbocycles. The summed E-state index contributed by atoms with van der Waals surface area (Å²) in [5.74, 6) is 0.265. The van der Waals surface area contributed by atoms with E-state index in [9.17, 15) is 4.79 Å². The number of carbonyl (C=O) groups is 1. The van der Waals surface area contributed by atoms with Crippen molar-refractivity contribution in [2.45, 2.75) is 6.92 Å². The number of ether oxygens (including phenoxy) is 1. The zero-order valence-electron chi connectivity index (χ0n) is 12.5. The van der Waals surface area contributed by atoms with Crippen LogP contribution in [0.1, 0.15) is 5.56 Å². The van der Waals surface area contributed by atoms with Crippen molar-refractivity contribution in [2.24, 2.45) is 0 Å². The van der Waals surface area contributed by atoms with Crippen LogP contribution in [0.25, 0.3) is 0 Å². The van der Waals surface area contributed by atoms with E-state index in [1.807, 2.05) is 19.1 Å². The van der Waals surface area contributed by atoms with Crippen molar-refractivity contribution >= 4 is 72.4 Å². The first kappa shape index (κ1) is 19.2. The summed E-state index contributed by atoms with van der Waals surface area (Å²) in [6.07, 6.45) is 0. The van der Waals surface area contributed by atoms with Gasteiger partial charge in [-0.3, -0.25) is 10.1 Å². The molecule has 0 aromatic heterocycles. The highest BCUT2D eigenvalue weighted by molar-refractivity contribution is 9.10. The lowest BCUT2D eigenvalue weighted by molar-refractivity contribution is -0.121. The lowest BCUT2D eigenvalue weighted by Gasteiger charge is -2.11. The summed E-state index contributed by atoms with van der Waals surface area (Å²) in [5, 5.41) is 6.16. The molecule has 0 bridgehead atoms. The van der Waals surface area contributed by atoms with Gasteiger partial charge in [0.2, 0.25) is 0 Å². The summed E-state index contributed by atoms with van der Waals surface area (Å²) in [6.45, 7) is 1.81. The fraction of sp³-hybridized carbons (Fsp3) is 0.125. The molecular weight excluding hydrogens is 480 g/mol. The Labute approximate surface area is 167 Å². The molecule has 1 amide bonds. The van der Waals surface area contributed by atoms with E-state index in [1.165, 1.54) is 0 Å². The maximum Gasteiger partial charge on any atom is 0.264 e. The van der Waals surface area contributed by atoms with Crippen LogP contribution in [0.4, 0.5) is 5.69 Å². The molecule has 4 nitrogen and oxygen atoms in total. The molecule has 24 heavy (non-hydrogen) atoms. The number of carbonyl (C=O) groups excluding carboxylic acids is 1. The molecule has 0 atom stereocenters. The van der Waals surface area contributed by atoms with Gasteiger partial charge in [0.15, 0.2) is 11.7 Å². The zero-order chi connectivity index (χ0) is 17.7. The Morgan fingerprint density at radius 3 is 2.58 bits per heavy atom. The first-order valence-electron chi connectivity index (χ1n) is 6.80. The minimum atomic E-state index is -0.351.